The molecule has 0 aromatic heterocycles. The van der Waals surface area contributed by atoms with Crippen LogP contribution in [0.1, 0.15) is 20.3 Å². The predicted octanol–water partition coefficient (Wildman–Crippen LogP) is -0.122. The van der Waals surface area contributed by atoms with E-state index in [1.807, 2.05) is 13.8 Å². The highest BCUT2D eigenvalue weighted by Crippen LogP contribution is 2.23. The lowest BCUT2D eigenvalue weighted by molar-refractivity contribution is -0.140. The van der Waals surface area contributed by atoms with E-state index in [1.165, 1.54) is 0 Å². The second-order valence-corrected chi connectivity index (χ2v) is 7.62. The van der Waals surface area contributed by atoms with Crippen LogP contribution in [0.5, 0.6) is 0 Å². The van der Waals surface area contributed by atoms with Crippen LogP contribution in [0, 0.1) is 5.41 Å². The molecular weight excluding hydrogens is 240 g/mol. The Kier molecular flexibility index (Phi) is 4.19. The SMILES string of the molecule is CNCC(C)(C)C(=O)N(C)C1CCS(=O)(=O)C1. The van der Waals surface area contributed by atoms with E-state index in [4.69, 9.17) is 0 Å². The highest BCUT2D eigenvalue weighted by atomic mass is 32.2. The standard InChI is InChI=1S/C11H22N2O3S/c1-11(2,8-12-3)10(14)13(4)9-5-6-17(15,16)7-9/h9,12H,5-8H2,1-4H3. The van der Waals surface area contributed by atoms with Gasteiger partial charge in [-0.05, 0) is 27.3 Å². The Labute approximate surface area is 103 Å². The molecule has 1 amide bonds. The Bertz CT molecular complexity index is 390. The first-order valence-electron chi connectivity index (χ1n) is 5.82. The van der Waals surface area contributed by atoms with Crippen molar-refractivity contribution in [2.24, 2.45) is 5.41 Å². The molecule has 0 radical (unpaired) electrons. The van der Waals surface area contributed by atoms with Gasteiger partial charge < -0.3 is 10.2 Å². The van der Waals surface area contributed by atoms with Gasteiger partial charge in [0.2, 0.25) is 5.91 Å². The minimum atomic E-state index is -2.94. The van der Waals surface area contributed by atoms with Crippen LogP contribution in [0.25, 0.3) is 0 Å². The predicted molar refractivity (Wildman–Crippen MR) is 67.5 cm³/mol. The molecule has 1 rings (SSSR count). The summed E-state index contributed by atoms with van der Waals surface area (Å²) in [5, 5.41) is 2.98. The van der Waals surface area contributed by atoms with Crippen molar-refractivity contribution >= 4 is 15.7 Å². The van der Waals surface area contributed by atoms with Gasteiger partial charge in [-0.1, -0.05) is 0 Å². The van der Waals surface area contributed by atoms with E-state index in [0.29, 0.717) is 13.0 Å². The zero-order valence-electron chi connectivity index (χ0n) is 11.0. The summed E-state index contributed by atoms with van der Waals surface area (Å²) in [5.41, 5.74) is -0.504. The highest BCUT2D eigenvalue weighted by Gasteiger charge is 2.37. The van der Waals surface area contributed by atoms with E-state index in [0.717, 1.165) is 0 Å². The van der Waals surface area contributed by atoms with Gasteiger partial charge in [0.05, 0.1) is 16.9 Å². The molecule has 0 spiro atoms. The number of rotatable bonds is 4. The van der Waals surface area contributed by atoms with Crippen molar-refractivity contribution in [1.82, 2.24) is 10.2 Å². The largest absolute Gasteiger partial charge is 0.341 e. The summed E-state index contributed by atoms with van der Waals surface area (Å²) in [6.07, 6.45) is 0.556. The third-order valence-electron chi connectivity index (χ3n) is 3.27. The Morgan fingerprint density at radius 3 is 2.47 bits per heavy atom. The smallest absolute Gasteiger partial charge is 0.229 e. The summed E-state index contributed by atoms with van der Waals surface area (Å²) in [6.45, 7) is 4.31. The van der Waals surface area contributed by atoms with Gasteiger partial charge in [0.1, 0.15) is 0 Å². The van der Waals surface area contributed by atoms with Crippen molar-refractivity contribution in [3.8, 4) is 0 Å². The fourth-order valence-electron chi connectivity index (χ4n) is 2.24. The molecule has 1 aliphatic heterocycles. The molecule has 0 aromatic rings. The molecule has 0 aliphatic carbocycles. The summed E-state index contributed by atoms with van der Waals surface area (Å²) in [7, 11) is 0.559. The number of nitrogens with one attached hydrogen (secondary N) is 1. The zero-order valence-corrected chi connectivity index (χ0v) is 11.8. The molecule has 6 heteroatoms. The number of hydrogen-bond donors (Lipinski definition) is 1. The molecule has 1 aliphatic rings. The fourth-order valence-corrected chi connectivity index (χ4v) is 4.02. The van der Waals surface area contributed by atoms with Crippen LogP contribution in [0.4, 0.5) is 0 Å². The number of carbonyl (C=O) groups excluding carboxylic acids is 1. The monoisotopic (exact) mass is 262 g/mol. The molecule has 0 aromatic carbocycles. The van der Waals surface area contributed by atoms with Gasteiger partial charge in [-0.3, -0.25) is 4.79 Å². The van der Waals surface area contributed by atoms with E-state index in [1.54, 1.807) is 19.0 Å². The molecule has 1 atom stereocenters. The number of hydrogen-bond acceptors (Lipinski definition) is 4. The normalized spacial score (nSPS) is 23.6. The summed E-state index contributed by atoms with van der Waals surface area (Å²) in [5.74, 6) is 0.293. The molecule has 1 unspecified atom stereocenters. The van der Waals surface area contributed by atoms with Crippen LogP contribution >= 0.6 is 0 Å². The lowest BCUT2D eigenvalue weighted by atomic mass is 9.91. The average Bonchev–Trinajstić information content (AvgIpc) is 2.56. The van der Waals surface area contributed by atoms with E-state index in [2.05, 4.69) is 5.32 Å². The van der Waals surface area contributed by atoms with Crippen LogP contribution in [-0.4, -0.2) is 57.4 Å². The molecule has 1 N–H and O–H groups in total. The Morgan fingerprint density at radius 2 is 2.06 bits per heavy atom. The Morgan fingerprint density at radius 1 is 1.47 bits per heavy atom. The second-order valence-electron chi connectivity index (χ2n) is 5.39. The maximum absolute atomic E-state index is 12.2. The fraction of sp³-hybridized carbons (Fsp3) is 0.909. The lowest BCUT2D eigenvalue weighted by Gasteiger charge is -2.32. The van der Waals surface area contributed by atoms with Gasteiger partial charge in [0, 0.05) is 19.6 Å². The maximum Gasteiger partial charge on any atom is 0.229 e. The maximum atomic E-state index is 12.2. The lowest BCUT2D eigenvalue weighted by Crippen LogP contribution is -2.48. The van der Waals surface area contributed by atoms with Gasteiger partial charge in [-0.15, -0.1) is 0 Å². The summed E-state index contributed by atoms with van der Waals surface area (Å²) >= 11 is 0. The van der Waals surface area contributed by atoms with Crippen molar-refractivity contribution in [2.45, 2.75) is 26.3 Å². The van der Waals surface area contributed by atoms with Crippen molar-refractivity contribution in [3.63, 3.8) is 0 Å². The Balaban J connectivity index is 2.71. The molecule has 0 bridgehead atoms. The molecule has 1 saturated heterocycles. The number of nitrogens with zero attached hydrogens (tertiary/aromatic N) is 1. The minimum Gasteiger partial charge on any atom is -0.341 e. The van der Waals surface area contributed by atoms with Crippen molar-refractivity contribution in [3.05, 3.63) is 0 Å². The molecule has 100 valence electrons. The van der Waals surface area contributed by atoms with E-state index in [9.17, 15) is 13.2 Å². The molecule has 0 saturated carbocycles. The third-order valence-corrected chi connectivity index (χ3v) is 5.02. The van der Waals surface area contributed by atoms with Crippen LogP contribution in [0.15, 0.2) is 0 Å². The van der Waals surface area contributed by atoms with Crippen molar-refractivity contribution in [1.29, 1.82) is 0 Å². The topological polar surface area (TPSA) is 66.5 Å². The number of sulfone groups is 1. The van der Waals surface area contributed by atoms with Crippen LogP contribution in [-0.2, 0) is 14.6 Å². The molecular formula is C11H22N2O3S. The first kappa shape index (κ1) is 14.4. The van der Waals surface area contributed by atoms with Gasteiger partial charge in [0.15, 0.2) is 9.84 Å². The van der Waals surface area contributed by atoms with E-state index in [-0.39, 0.29) is 23.5 Å². The van der Waals surface area contributed by atoms with Gasteiger partial charge in [-0.2, -0.15) is 0 Å². The van der Waals surface area contributed by atoms with Gasteiger partial charge >= 0.3 is 0 Å². The minimum absolute atomic E-state index is 0.00560. The summed E-state index contributed by atoms with van der Waals surface area (Å²) in [6, 6.07) is -0.163. The molecule has 1 fully saturated rings. The van der Waals surface area contributed by atoms with Crippen LogP contribution < -0.4 is 5.32 Å². The average molecular weight is 262 g/mol. The summed E-state index contributed by atoms with van der Waals surface area (Å²) in [4.78, 5) is 13.8. The number of carbonyl (C=O) groups is 1. The van der Waals surface area contributed by atoms with Gasteiger partial charge in [-0.25, -0.2) is 8.42 Å². The van der Waals surface area contributed by atoms with Crippen molar-refractivity contribution in [2.75, 3.05) is 32.1 Å². The molecule has 5 nitrogen and oxygen atoms in total. The van der Waals surface area contributed by atoms with Crippen LogP contribution in [0.3, 0.4) is 0 Å². The van der Waals surface area contributed by atoms with Crippen molar-refractivity contribution < 1.29 is 13.2 Å². The third kappa shape index (κ3) is 3.42. The van der Waals surface area contributed by atoms with Crippen LogP contribution in [0.2, 0.25) is 0 Å². The second kappa shape index (κ2) is 4.94. The Hall–Kier alpha value is -0.620. The quantitative estimate of drug-likeness (QED) is 0.767. The first-order chi connectivity index (χ1) is 7.69. The van der Waals surface area contributed by atoms with E-state index < -0.39 is 15.3 Å². The summed E-state index contributed by atoms with van der Waals surface area (Å²) < 4.78 is 22.8. The molecule has 1 heterocycles. The molecule has 17 heavy (non-hydrogen) atoms. The van der Waals surface area contributed by atoms with E-state index >= 15 is 0 Å². The zero-order chi connectivity index (χ0) is 13.3. The van der Waals surface area contributed by atoms with Gasteiger partial charge in [0.25, 0.3) is 0 Å². The first-order valence-corrected chi connectivity index (χ1v) is 7.64. The highest BCUT2D eigenvalue weighted by molar-refractivity contribution is 7.91. The number of amides is 1.